The maximum atomic E-state index is 4.95. The molecule has 3 aromatic rings. The number of aryl methyl sites for hydroxylation is 1. The first-order valence-electron chi connectivity index (χ1n) is 9.05. The third kappa shape index (κ3) is 2.48. The summed E-state index contributed by atoms with van der Waals surface area (Å²) in [4.78, 5) is 13.9. The number of hydrogen-bond acceptors (Lipinski definition) is 5. The monoisotopic (exact) mass is 334 g/mol. The van der Waals surface area contributed by atoms with Gasteiger partial charge in [0, 0.05) is 43.6 Å². The molecule has 0 saturated carbocycles. The van der Waals surface area contributed by atoms with Crippen LogP contribution in [0.25, 0.3) is 16.9 Å². The zero-order valence-electron chi connectivity index (χ0n) is 14.5. The fourth-order valence-electron chi connectivity index (χ4n) is 4.24. The van der Waals surface area contributed by atoms with E-state index in [-0.39, 0.29) is 0 Å². The molecule has 2 saturated heterocycles. The molecule has 3 aromatic heterocycles. The lowest BCUT2D eigenvalue weighted by atomic mass is 10.1. The lowest BCUT2D eigenvalue weighted by Crippen LogP contribution is -2.50. The van der Waals surface area contributed by atoms with E-state index in [4.69, 9.17) is 5.10 Å². The fraction of sp³-hybridized carbons (Fsp3) is 0.421. The van der Waals surface area contributed by atoms with Gasteiger partial charge in [-0.25, -0.2) is 9.50 Å². The normalized spacial score (nSPS) is 21.0. The first-order chi connectivity index (χ1) is 12.3. The van der Waals surface area contributed by atoms with Gasteiger partial charge >= 0.3 is 0 Å². The van der Waals surface area contributed by atoms with Crippen LogP contribution in [0.1, 0.15) is 18.5 Å². The minimum atomic E-state index is 0.690. The highest BCUT2D eigenvalue weighted by Crippen LogP contribution is 2.27. The Morgan fingerprint density at radius 1 is 1.04 bits per heavy atom. The van der Waals surface area contributed by atoms with Crippen LogP contribution in [0.5, 0.6) is 0 Å². The van der Waals surface area contributed by atoms with E-state index in [1.807, 2.05) is 36.0 Å². The zero-order chi connectivity index (χ0) is 16.8. The van der Waals surface area contributed by atoms with Gasteiger partial charge in [0.25, 0.3) is 0 Å². The fourth-order valence-corrected chi connectivity index (χ4v) is 4.24. The average molecular weight is 334 g/mol. The van der Waals surface area contributed by atoms with Crippen molar-refractivity contribution in [2.45, 2.75) is 25.8 Å². The quantitative estimate of drug-likeness (QED) is 0.720. The predicted octanol–water partition coefficient (Wildman–Crippen LogP) is 2.38. The van der Waals surface area contributed by atoms with E-state index >= 15 is 0 Å². The van der Waals surface area contributed by atoms with Crippen LogP contribution in [-0.4, -0.2) is 56.7 Å². The van der Waals surface area contributed by atoms with Crippen molar-refractivity contribution < 1.29 is 0 Å². The molecule has 6 nitrogen and oxygen atoms in total. The molecule has 0 spiro atoms. The summed E-state index contributed by atoms with van der Waals surface area (Å²) in [7, 11) is 0. The Hall–Kier alpha value is -2.47. The van der Waals surface area contributed by atoms with E-state index in [0.29, 0.717) is 6.04 Å². The SMILES string of the molecule is Cc1nc2ccc(N3CCN4CCCC4C3)nn2c1-c1ccncc1. The van der Waals surface area contributed by atoms with Gasteiger partial charge < -0.3 is 4.90 Å². The number of anilines is 1. The van der Waals surface area contributed by atoms with Crippen LogP contribution in [0, 0.1) is 6.92 Å². The number of pyridine rings is 1. The second-order valence-corrected chi connectivity index (χ2v) is 7.02. The highest BCUT2D eigenvalue weighted by molar-refractivity contribution is 5.66. The van der Waals surface area contributed by atoms with E-state index in [2.05, 4.69) is 31.9 Å². The number of hydrogen-bond donors (Lipinski definition) is 0. The highest BCUT2D eigenvalue weighted by atomic mass is 15.4. The number of fused-ring (bicyclic) bond motifs is 2. The van der Waals surface area contributed by atoms with Crippen LogP contribution in [-0.2, 0) is 0 Å². The molecule has 1 unspecified atom stereocenters. The molecule has 0 aromatic carbocycles. The lowest BCUT2D eigenvalue weighted by Gasteiger charge is -2.38. The van der Waals surface area contributed by atoms with Gasteiger partial charge in [0.05, 0.1) is 11.4 Å². The molecule has 2 aliphatic rings. The third-order valence-corrected chi connectivity index (χ3v) is 5.50. The average Bonchev–Trinajstić information content (AvgIpc) is 3.24. The van der Waals surface area contributed by atoms with Gasteiger partial charge in [-0.1, -0.05) is 0 Å². The Kier molecular flexibility index (Phi) is 3.45. The summed E-state index contributed by atoms with van der Waals surface area (Å²) in [5, 5.41) is 4.95. The minimum absolute atomic E-state index is 0.690. The molecule has 0 aliphatic carbocycles. The van der Waals surface area contributed by atoms with Crippen molar-refractivity contribution in [3.8, 4) is 11.3 Å². The number of piperazine rings is 1. The van der Waals surface area contributed by atoms with Crippen molar-refractivity contribution in [1.29, 1.82) is 0 Å². The van der Waals surface area contributed by atoms with Gasteiger partial charge in [-0.2, -0.15) is 0 Å². The molecule has 5 heterocycles. The summed E-state index contributed by atoms with van der Waals surface area (Å²) in [6, 6.07) is 8.92. The maximum absolute atomic E-state index is 4.95. The first kappa shape index (κ1) is 14.8. The summed E-state index contributed by atoms with van der Waals surface area (Å²) in [5.41, 5.74) is 4.05. The number of nitrogens with zero attached hydrogens (tertiary/aromatic N) is 6. The number of rotatable bonds is 2. The molecule has 1 atom stereocenters. The summed E-state index contributed by atoms with van der Waals surface area (Å²) in [5.74, 6) is 1.05. The first-order valence-corrected chi connectivity index (χ1v) is 9.05. The van der Waals surface area contributed by atoms with Crippen molar-refractivity contribution in [3.05, 3.63) is 42.4 Å². The van der Waals surface area contributed by atoms with Gasteiger partial charge in [-0.3, -0.25) is 9.88 Å². The maximum Gasteiger partial charge on any atom is 0.154 e. The second-order valence-electron chi connectivity index (χ2n) is 7.02. The molecule has 5 rings (SSSR count). The van der Waals surface area contributed by atoms with Crippen LogP contribution in [0.4, 0.5) is 5.82 Å². The molecular weight excluding hydrogens is 312 g/mol. The van der Waals surface area contributed by atoms with E-state index in [1.165, 1.54) is 19.4 Å². The topological polar surface area (TPSA) is 49.6 Å². The Morgan fingerprint density at radius 2 is 1.92 bits per heavy atom. The van der Waals surface area contributed by atoms with Gasteiger partial charge in [-0.15, -0.1) is 5.10 Å². The standard InChI is InChI=1S/C19H22N6/c1-14-19(15-6-8-20-9-7-15)25-17(21-14)4-5-18(22-25)24-12-11-23-10-2-3-16(23)13-24/h4-9,16H,2-3,10-13H2,1H3. The smallest absolute Gasteiger partial charge is 0.154 e. The predicted molar refractivity (Wildman–Crippen MR) is 97.8 cm³/mol. The molecule has 0 radical (unpaired) electrons. The minimum Gasteiger partial charge on any atom is -0.352 e. The van der Waals surface area contributed by atoms with Crippen LogP contribution < -0.4 is 4.90 Å². The molecule has 0 bridgehead atoms. The molecule has 2 aliphatic heterocycles. The lowest BCUT2D eigenvalue weighted by molar-refractivity contribution is 0.230. The number of aromatic nitrogens is 4. The second kappa shape index (κ2) is 5.81. The third-order valence-electron chi connectivity index (χ3n) is 5.50. The summed E-state index contributed by atoms with van der Waals surface area (Å²) in [6.45, 7) is 6.58. The molecule has 0 N–H and O–H groups in total. The molecule has 25 heavy (non-hydrogen) atoms. The van der Waals surface area contributed by atoms with Crippen molar-refractivity contribution in [2.75, 3.05) is 31.1 Å². The van der Waals surface area contributed by atoms with Crippen molar-refractivity contribution in [3.63, 3.8) is 0 Å². The van der Waals surface area contributed by atoms with Crippen LogP contribution >= 0.6 is 0 Å². The van der Waals surface area contributed by atoms with E-state index in [9.17, 15) is 0 Å². The van der Waals surface area contributed by atoms with Crippen molar-refractivity contribution in [1.82, 2.24) is 24.5 Å². The zero-order valence-corrected chi connectivity index (χ0v) is 14.5. The summed E-state index contributed by atoms with van der Waals surface area (Å²) >= 11 is 0. The molecule has 6 heteroatoms. The van der Waals surface area contributed by atoms with Gasteiger partial charge in [0.2, 0.25) is 0 Å². The summed E-state index contributed by atoms with van der Waals surface area (Å²) < 4.78 is 1.99. The Morgan fingerprint density at radius 3 is 2.80 bits per heavy atom. The molecular formula is C19H22N6. The van der Waals surface area contributed by atoms with Crippen molar-refractivity contribution >= 4 is 11.5 Å². The Bertz CT molecular complexity index is 903. The molecule has 0 amide bonds. The van der Waals surface area contributed by atoms with Crippen molar-refractivity contribution in [2.24, 2.45) is 0 Å². The molecule has 128 valence electrons. The van der Waals surface area contributed by atoms with Crippen LogP contribution in [0.15, 0.2) is 36.7 Å². The number of imidazole rings is 1. The van der Waals surface area contributed by atoms with E-state index < -0.39 is 0 Å². The van der Waals surface area contributed by atoms with E-state index in [0.717, 1.165) is 48.1 Å². The van der Waals surface area contributed by atoms with Crippen LogP contribution in [0.3, 0.4) is 0 Å². The summed E-state index contributed by atoms with van der Waals surface area (Å²) in [6.07, 6.45) is 6.28. The Balaban J connectivity index is 1.55. The van der Waals surface area contributed by atoms with E-state index in [1.54, 1.807) is 0 Å². The van der Waals surface area contributed by atoms with Gasteiger partial charge in [0.15, 0.2) is 5.65 Å². The molecule has 2 fully saturated rings. The van der Waals surface area contributed by atoms with Gasteiger partial charge in [-0.05, 0) is 50.6 Å². The Labute approximate surface area is 147 Å². The van der Waals surface area contributed by atoms with Crippen LogP contribution in [0.2, 0.25) is 0 Å². The largest absolute Gasteiger partial charge is 0.352 e. The van der Waals surface area contributed by atoms with Gasteiger partial charge in [0.1, 0.15) is 5.82 Å². The highest BCUT2D eigenvalue weighted by Gasteiger charge is 2.31.